The van der Waals surface area contributed by atoms with Crippen molar-refractivity contribution in [2.45, 2.75) is 51.4 Å². The number of aliphatic hydroxyl groups is 1. The molecule has 1 heterocycles. The third kappa shape index (κ3) is 2.96. The average molecular weight is 381 g/mol. The van der Waals surface area contributed by atoms with Crippen LogP contribution in [-0.2, 0) is 9.47 Å². The first kappa shape index (κ1) is 19.2. The minimum absolute atomic E-state index is 0.0294. The Morgan fingerprint density at radius 2 is 1.93 bits per heavy atom. The van der Waals surface area contributed by atoms with Gasteiger partial charge in [-0.05, 0) is 55.4 Å². The summed E-state index contributed by atoms with van der Waals surface area (Å²) in [5.41, 5.74) is -0.123. The predicted octanol–water partition coefficient (Wildman–Crippen LogP) is 3.49. The Morgan fingerprint density at radius 1 is 1.25 bits per heavy atom. The van der Waals surface area contributed by atoms with Gasteiger partial charge in [-0.3, -0.25) is 0 Å². The summed E-state index contributed by atoms with van der Waals surface area (Å²) in [6.45, 7) is 6.20. The van der Waals surface area contributed by atoms with Gasteiger partial charge in [-0.1, -0.05) is 32.0 Å². The molecule has 1 N–H and O–H groups in total. The summed E-state index contributed by atoms with van der Waals surface area (Å²) in [6, 6.07) is 11.5. The Hall–Kier alpha value is -2.16. The molecule has 0 radical (unpaired) electrons. The first-order valence-electron chi connectivity index (χ1n) is 10.0. The van der Waals surface area contributed by atoms with Crippen LogP contribution in [0.3, 0.4) is 0 Å². The van der Waals surface area contributed by atoms with Crippen molar-refractivity contribution < 1.29 is 19.4 Å². The number of hydrogen-bond acceptors (Lipinski definition) is 5. The number of ether oxygens (including phenoxy) is 2. The highest BCUT2D eigenvalue weighted by Crippen LogP contribution is 2.57. The Bertz CT molecular complexity index is 840. The Balaban J connectivity index is 1.67. The van der Waals surface area contributed by atoms with Crippen molar-refractivity contribution in [2.75, 3.05) is 6.61 Å². The zero-order valence-electron chi connectivity index (χ0n) is 16.6. The summed E-state index contributed by atoms with van der Waals surface area (Å²) in [6.07, 6.45) is 2.54. The van der Waals surface area contributed by atoms with Gasteiger partial charge >= 0.3 is 5.97 Å². The Labute approximate surface area is 166 Å². The molecule has 4 rings (SSSR count). The third-order valence-electron chi connectivity index (χ3n) is 6.78. The molecule has 7 atom stereocenters. The third-order valence-corrected chi connectivity index (χ3v) is 6.78. The molecule has 0 bridgehead atoms. The van der Waals surface area contributed by atoms with E-state index in [1.54, 1.807) is 12.1 Å². The number of esters is 1. The normalized spacial score (nSPS) is 42.0. The molecule has 5 nitrogen and oxygen atoms in total. The summed E-state index contributed by atoms with van der Waals surface area (Å²) in [5.74, 6) is -0.213. The average Bonchev–Trinajstić information content (AvgIpc) is 2.99. The molecule has 28 heavy (non-hydrogen) atoms. The molecule has 5 heteroatoms. The van der Waals surface area contributed by atoms with Crippen LogP contribution in [0.5, 0.6) is 0 Å². The molecule has 0 spiro atoms. The second kappa shape index (κ2) is 6.72. The van der Waals surface area contributed by atoms with Crippen LogP contribution in [0.15, 0.2) is 42.0 Å². The van der Waals surface area contributed by atoms with Crippen LogP contribution in [0.4, 0.5) is 0 Å². The molecule has 0 aromatic heterocycles. The molecule has 0 unspecified atom stereocenters. The molecular weight excluding hydrogens is 354 g/mol. The number of carbonyl (C=O) groups is 1. The summed E-state index contributed by atoms with van der Waals surface area (Å²) < 4.78 is 11.8. The van der Waals surface area contributed by atoms with Crippen molar-refractivity contribution in [2.24, 2.45) is 23.2 Å². The van der Waals surface area contributed by atoms with Crippen LogP contribution in [0.1, 0.15) is 44.0 Å². The first-order chi connectivity index (χ1) is 13.3. The van der Waals surface area contributed by atoms with Gasteiger partial charge in [0.15, 0.2) is 0 Å². The minimum Gasteiger partial charge on any atom is -0.454 e. The minimum atomic E-state index is -0.911. The molecule has 1 aromatic carbocycles. The van der Waals surface area contributed by atoms with Crippen molar-refractivity contribution in [3.05, 3.63) is 47.5 Å². The number of nitrogens with zero attached hydrogens (tertiary/aromatic N) is 1. The molecule has 148 valence electrons. The number of carbonyl (C=O) groups excluding carboxylic acids is 1. The fraction of sp³-hybridized carbons (Fsp3) is 0.565. The Morgan fingerprint density at radius 3 is 2.61 bits per heavy atom. The van der Waals surface area contributed by atoms with Crippen LogP contribution < -0.4 is 0 Å². The maximum absolute atomic E-state index is 12.6. The van der Waals surface area contributed by atoms with Gasteiger partial charge < -0.3 is 14.6 Å². The van der Waals surface area contributed by atoms with Gasteiger partial charge in [0.1, 0.15) is 6.10 Å². The topological polar surface area (TPSA) is 79.6 Å². The maximum Gasteiger partial charge on any atom is 0.338 e. The lowest BCUT2D eigenvalue weighted by Gasteiger charge is -2.49. The molecule has 1 saturated heterocycles. The quantitative estimate of drug-likeness (QED) is 0.627. The van der Waals surface area contributed by atoms with E-state index in [1.165, 1.54) is 0 Å². The van der Waals surface area contributed by atoms with E-state index in [4.69, 9.17) is 9.47 Å². The van der Waals surface area contributed by atoms with Crippen LogP contribution in [0.25, 0.3) is 0 Å². The molecular formula is C23H27NO4. The van der Waals surface area contributed by atoms with Gasteiger partial charge in [-0.15, -0.1) is 0 Å². The second-order valence-electron chi connectivity index (χ2n) is 9.03. The molecule has 0 amide bonds. The van der Waals surface area contributed by atoms with E-state index < -0.39 is 17.1 Å². The fourth-order valence-electron chi connectivity index (χ4n) is 5.58. The first-order valence-corrected chi connectivity index (χ1v) is 10.0. The summed E-state index contributed by atoms with van der Waals surface area (Å²) >= 11 is 0. The molecule has 1 aliphatic heterocycles. The Kier molecular flexibility index (Phi) is 4.60. The van der Waals surface area contributed by atoms with E-state index in [-0.39, 0.29) is 36.4 Å². The van der Waals surface area contributed by atoms with Gasteiger partial charge in [0, 0.05) is 5.92 Å². The van der Waals surface area contributed by atoms with E-state index in [2.05, 4.69) is 13.0 Å². The highest BCUT2D eigenvalue weighted by Gasteiger charge is 2.59. The molecule has 3 aliphatic rings. The van der Waals surface area contributed by atoms with Crippen LogP contribution in [0, 0.1) is 34.5 Å². The monoisotopic (exact) mass is 381 g/mol. The molecule has 2 aliphatic carbocycles. The highest BCUT2D eigenvalue weighted by atomic mass is 16.5. The zero-order valence-corrected chi connectivity index (χ0v) is 16.6. The molecule has 1 aromatic rings. The largest absolute Gasteiger partial charge is 0.454 e. The molecule has 2 fully saturated rings. The van der Waals surface area contributed by atoms with Crippen molar-refractivity contribution in [3.8, 4) is 6.07 Å². The fourth-order valence-corrected chi connectivity index (χ4v) is 5.58. The summed E-state index contributed by atoms with van der Waals surface area (Å²) in [4.78, 5) is 12.6. The summed E-state index contributed by atoms with van der Waals surface area (Å²) in [7, 11) is 0. The standard InChI is InChI=1S/C23H27NO4/c1-14-10-23(12-24)11-15(2)19-20(27-13-22(19,3)26)17(23)9-18(14)28-21(25)16-7-5-4-6-8-16/h4-9,14-15,18-20,26H,10-11,13H2,1-3H3/t14-,15+,18-,19-,20+,22-,23+/m1/s1. The smallest absolute Gasteiger partial charge is 0.338 e. The van der Waals surface area contributed by atoms with E-state index in [0.29, 0.717) is 18.4 Å². The van der Waals surface area contributed by atoms with E-state index in [0.717, 1.165) is 5.57 Å². The van der Waals surface area contributed by atoms with Crippen LogP contribution in [-0.4, -0.2) is 35.5 Å². The summed E-state index contributed by atoms with van der Waals surface area (Å²) in [5, 5.41) is 20.9. The lowest BCUT2D eigenvalue weighted by atomic mass is 9.55. The number of benzene rings is 1. The number of fused-ring (bicyclic) bond motifs is 3. The maximum atomic E-state index is 12.6. The van der Waals surface area contributed by atoms with Crippen molar-refractivity contribution in [3.63, 3.8) is 0 Å². The number of hydrogen-bond donors (Lipinski definition) is 1. The van der Waals surface area contributed by atoms with E-state index in [1.807, 2.05) is 38.1 Å². The predicted molar refractivity (Wildman–Crippen MR) is 103 cm³/mol. The van der Waals surface area contributed by atoms with E-state index in [9.17, 15) is 15.2 Å². The van der Waals surface area contributed by atoms with Gasteiger partial charge in [-0.25, -0.2) is 4.79 Å². The van der Waals surface area contributed by atoms with Crippen LogP contribution >= 0.6 is 0 Å². The van der Waals surface area contributed by atoms with Crippen LogP contribution in [0.2, 0.25) is 0 Å². The van der Waals surface area contributed by atoms with Crippen molar-refractivity contribution >= 4 is 5.97 Å². The lowest BCUT2D eigenvalue weighted by Crippen LogP contribution is -2.51. The number of nitriles is 1. The second-order valence-corrected chi connectivity index (χ2v) is 9.03. The zero-order chi connectivity index (χ0) is 20.1. The van der Waals surface area contributed by atoms with E-state index >= 15 is 0 Å². The van der Waals surface area contributed by atoms with Crippen molar-refractivity contribution in [1.29, 1.82) is 5.26 Å². The van der Waals surface area contributed by atoms with Gasteiger partial charge in [0.2, 0.25) is 0 Å². The highest BCUT2D eigenvalue weighted by molar-refractivity contribution is 5.89. The SMILES string of the molecule is C[C@@H]1C[C@@]2(C#N)C[C@H](C)[C@@H]3[C@@H](OC[C@@]3(C)O)C2=C[C@H]1OC(=O)c1ccccc1. The van der Waals surface area contributed by atoms with Gasteiger partial charge in [-0.2, -0.15) is 5.26 Å². The number of rotatable bonds is 2. The van der Waals surface area contributed by atoms with Gasteiger partial charge in [0.25, 0.3) is 0 Å². The molecule has 1 saturated carbocycles. The van der Waals surface area contributed by atoms with Crippen molar-refractivity contribution in [1.82, 2.24) is 0 Å². The van der Waals surface area contributed by atoms with Gasteiger partial charge in [0.05, 0.1) is 35.4 Å². The lowest BCUT2D eigenvalue weighted by molar-refractivity contribution is -0.0203.